The van der Waals surface area contributed by atoms with E-state index in [0.29, 0.717) is 0 Å². The maximum absolute atomic E-state index is 13.1. The van der Waals surface area contributed by atoms with Gasteiger partial charge in [-0.1, -0.05) is 52.0 Å². The van der Waals surface area contributed by atoms with Crippen molar-refractivity contribution in [1.82, 2.24) is 4.90 Å². The fourth-order valence-corrected chi connectivity index (χ4v) is 6.96. The Morgan fingerprint density at radius 1 is 0.867 bits per heavy atom. The van der Waals surface area contributed by atoms with Crippen LogP contribution in [-0.2, 0) is 0 Å². The average molecular weight is 704 g/mol. The van der Waals surface area contributed by atoms with E-state index in [-0.39, 0.29) is 29.0 Å². The summed E-state index contributed by atoms with van der Waals surface area (Å²) < 4.78 is 73.1. The molecule has 2 aliphatic heterocycles. The lowest BCUT2D eigenvalue weighted by Gasteiger charge is -2.40. The highest BCUT2D eigenvalue weighted by atomic mass is 79.9. The number of ether oxygens (including phenoxy) is 4. The van der Waals surface area contributed by atoms with Gasteiger partial charge in [0.1, 0.15) is 0 Å². The summed E-state index contributed by atoms with van der Waals surface area (Å²) >= 11 is 5.02. The molecule has 6 nitrogen and oxygen atoms in total. The summed E-state index contributed by atoms with van der Waals surface area (Å²) in [5, 5.41) is 2.84. The molecule has 0 fully saturated rings. The highest BCUT2D eigenvalue weighted by Crippen LogP contribution is 2.52. The van der Waals surface area contributed by atoms with Gasteiger partial charge < -0.3 is 23.8 Å². The Balaban J connectivity index is 1.46. The summed E-state index contributed by atoms with van der Waals surface area (Å²) in [6.07, 6.45) is 4.34. The summed E-state index contributed by atoms with van der Waals surface area (Å²) in [6.45, 7) is -5.96. The molecule has 0 amide bonds. The molecule has 6 rings (SSSR count). The SMILES string of the molecule is COc1cc(/C=C2\CCCC3=C2N=C2SC=C(c4ccc(Br)cc4)N2[C@@H]3c2ccc(OC(F)F)c(OC)c2)ccc1OC(F)F. The van der Waals surface area contributed by atoms with Gasteiger partial charge in [0.25, 0.3) is 0 Å². The van der Waals surface area contributed by atoms with Crippen LogP contribution >= 0.6 is 27.7 Å². The predicted octanol–water partition coefficient (Wildman–Crippen LogP) is 9.65. The minimum absolute atomic E-state index is 0.0473. The number of thioether (sulfide) groups is 1. The lowest BCUT2D eigenvalue weighted by atomic mass is 9.82. The minimum atomic E-state index is -2.99. The number of allylic oxidation sites excluding steroid dienone is 1. The zero-order chi connectivity index (χ0) is 31.7. The van der Waals surface area contributed by atoms with Gasteiger partial charge >= 0.3 is 13.2 Å². The minimum Gasteiger partial charge on any atom is -0.493 e. The Morgan fingerprint density at radius 3 is 2.20 bits per heavy atom. The third kappa shape index (κ3) is 6.44. The van der Waals surface area contributed by atoms with Gasteiger partial charge in [0.05, 0.1) is 31.7 Å². The van der Waals surface area contributed by atoms with E-state index in [1.54, 1.807) is 24.3 Å². The van der Waals surface area contributed by atoms with Crippen LogP contribution in [0.15, 0.2) is 92.4 Å². The van der Waals surface area contributed by atoms with Gasteiger partial charge in [-0.15, -0.1) is 0 Å². The summed E-state index contributed by atoms with van der Waals surface area (Å²) in [6, 6.07) is 17.5. The Bertz CT molecular complexity index is 1730. The van der Waals surface area contributed by atoms with Gasteiger partial charge in [-0.25, -0.2) is 4.99 Å². The molecule has 0 aromatic heterocycles. The lowest BCUT2D eigenvalue weighted by Crippen LogP contribution is -2.34. The van der Waals surface area contributed by atoms with E-state index in [0.717, 1.165) is 68.1 Å². The van der Waals surface area contributed by atoms with Gasteiger partial charge in [-0.05, 0) is 89.6 Å². The first kappa shape index (κ1) is 31.1. The first-order chi connectivity index (χ1) is 21.7. The van der Waals surface area contributed by atoms with Crippen LogP contribution in [0.1, 0.15) is 42.0 Å². The first-order valence-electron chi connectivity index (χ1n) is 14.0. The lowest BCUT2D eigenvalue weighted by molar-refractivity contribution is -0.0518. The number of amidine groups is 1. The van der Waals surface area contributed by atoms with Gasteiger partial charge in [-0.2, -0.15) is 17.6 Å². The van der Waals surface area contributed by atoms with Crippen molar-refractivity contribution in [3.63, 3.8) is 0 Å². The van der Waals surface area contributed by atoms with Crippen molar-refractivity contribution in [1.29, 1.82) is 0 Å². The molecule has 0 bridgehead atoms. The van der Waals surface area contributed by atoms with Crippen LogP contribution in [0.3, 0.4) is 0 Å². The number of alkyl halides is 4. The smallest absolute Gasteiger partial charge is 0.387 e. The van der Waals surface area contributed by atoms with Crippen molar-refractivity contribution in [3.05, 3.63) is 104 Å². The van der Waals surface area contributed by atoms with Crippen molar-refractivity contribution in [3.8, 4) is 23.0 Å². The van der Waals surface area contributed by atoms with Crippen LogP contribution < -0.4 is 18.9 Å². The molecule has 0 saturated heterocycles. The maximum atomic E-state index is 13.1. The van der Waals surface area contributed by atoms with Crippen LogP contribution in [0.5, 0.6) is 23.0 Å². The molecule has 12 heteroatoms. The number of nitrogens with zero attached hydrogens (tertiary/aromatic N) is 2. The molecule has 0 spiro atoms. The van der Waals surface area contributed by atoms with E-state index >= 15 is 0 Å². The van der Waals surface area contributed by atoms with Gasteiger partial charge in [0.2, 0.25) is 0 Å². The molecule has 2 heterocycles. The van der Waals surface area contributed by atoms with Gasteiger partial charge in [0.15, 0.2) is 28.2 Å². The molecule has 1 atom stereocenters. The van der Waals surface area contributed by atoms with E-state index in [2.05, 4.69) is 31.0 Å². The third-order valence-electron chi connectivity index (χ3n) is 7.64. The number of fused-ring (bicyclic) bond motifs is 1. The number of halogens is 5. The topological polar surface area (TPSA) is 52.5 Å². The summed E-state index contributed by atoms with van der Waals surface area (Å²) in [5.41, 5.74) is 6.43. The maximum Gasteiger partial charge on any atom is 0.387 e. The normalized spacial score (nSPS) is 18.6. The molecule has 3 aliphatic rings. The Labute approximate surface area is 270 Å². The van der Waals surface area contributed by atoms with Crippen LogP contribution in [0.4, 0.5) is 17.6 Å². The molecule has 0 N–H and O–H groups in total. The van der Waals surface area contributed by atoms with Gasteiger partial charge in [-0.3, -0.25) is 0 Å². The largest absolute Gasteiger partial charge is 0.493 e. The number of methoxy groups -OCH3 is 2. The summed E-state index contributed by atoms with van der Waals surface area (Å²) in [5.74, 6) is 0.298. The third-order valence-corrected chi connectivity index (χ3v) is 9.01. The Kier molecular flexibility index (Phi) is 9.14. The van der Waals surface area contributed by atoms with Crippen molar-refractivity contribution >= 4 is 44.6 Å². The molecule has 234 valence electrons. The molecular weight excluding hydrogens is 676 g/mol. The number of rotatable bonds is 9. The molecule has 45 heavy (non-hydrogen) atoms. The van der Waals surface area contributed by atoms with Gasteiger partial charge in [0, 0.05) is 9.88 Å². The van der Waals surface area contributed by atoms with E-state index in [1.807, 2.05) is 30.3 Å². The van der Waals surface area contributed by atoms with E-state index in [9.17, 15) is 17.6 Å². The van der Waals surface area contributed by atoms with Crippen LogP contribution in [-0.4, -0.2) is 37.5 Å². The Hall–Kier alpha value is -3.90. The zero-order valence-corrected chi connectivity index (χ0v) is 26.5. The number of benzene rings is 3. The summed E-state index contributed by atoms with van der Waals surface area (Å²) in [4.78, 5) is 7.33. The monoisotopic (exact) mass is 702 g/mol. The molecule has 3 aromatic carbocycles. The fraction of sp³-hybridized carbons (Fsp3) is 0.242. The second-order valence-electron chi connectivity index (χ2n) is 10.3. The van der Waals surface area contributed by atoms with E-state index < -0.39 is 13.2 Å². The highest BCUT2D eigenvalue weighted by Gasteiger charge is 2.40. The second-order valence-corrected chi connectivity index (χ2v) is 12.0. The molecule has 1 aliphatic carbocycles. The fourth-order valence-electron chi connectivity index (χ4n) is 5.76. The van der Waals surface area contributed by atoms with E-state index in [4.69, 9.17) is 19.2 Å². The number of aliphatic imine (C=N–C) groups is 1. The number of hydrogen-bond donors (Lipinski definition) is 0. The van der Waals surface area contributed by atoms with Crippen LogP contribution in [0.2, 0.25) is 0 Å². The van der Waals surface area contributed by atoms with Crippen molar-refractivity contribution in [2.24, 2.45) is 4.99 Å². The standard InChI is InChI=1S/C33H27BrF4N2O4S/c1-41-27-15-18(6-12-25(27)43-31(35)36)14-20-4-3-5-23-29(20)39-33-40(24(17-45-33)19-7-10-22(34)11-8-19)30(23)21-9-13-26(44-32(37)38)28(16-21)42-2/h6-17,30-32H,3-5H2,1-2H3/b20-14+/t30-/m1/s1. The summed E-state index contributed by atoms with van der Waals surface area (Å²) in [7, 11) is 2.82. The molecule has 0 unspecified atom stereocenters. The van der Waals surface area contributed by atoms with Crippen LogP contribution in [0, 0.1) is 0 Å². The Morgan fingerprint density at radius 2 is 1.53 bits per heavy atom. The van der Waals surface area contributed by atoms with E-state index in [1.165, 1.54) is 38.1 Å². The second kappa shape index (κ2) is 13.2. The predicted molar refractivity (Wildman–Crippen MR) is 170 cm³/mol. The highest BCUT2D eigenvalue weighted by molar-refractivity contribution is 9.10. The van der Waals surface area contributed by atoms with Crippen molar-refractivity contribution < 1.29 is 36.5 Å². The quantitative estimate of drug-likeness (QED) is 0.207. The van der Waals surface area contributed by atoms with Crippen molar-refractivity contribution in [2.45, 2.75) is 38.5 Å². The number of hydrogen-bond acceptors (Lipinski definition) is 7. The molecule has 3 aromatic rings. The molecule has 0 saturated carbocycles. The zero-order valence-electron chi connectivity index (χ0n) is 24.1. The van der Waals surface area contributed by atoms with Crippen molar-refractivity contribution in [2.75, 3.05) is 14.2 Å². The first-order valence-corrected chi connectivity index (χ1v) is 15.6. The molecule has 0 radical (unpaired) electrons. The average Bonchev–Trinajstić information content (AvgIpc) is 3.44. The van der Waals surface area contributed by atoms with Crippen LogP contribution in [0.25, 0.3) is 11.8 Å². The molecular formula is C33H27BrF4N2O4S.